The maximum atomic E-state index is 5.60. The average Bonchev–Trinajstić information content (AvgIpc) is 2.97. The molecule has 3 rings (SSSR count). The third-order valence-electron chi connectivity index (χ3n) is 2.67. The largest absolute Gasteiger partial charge is 0.476 e. The minimum absolute atomic E-state index is 0.562. The van der Waals surface area contributed by atoms with E-state index in [4.69, 9.17) is 4.74 Å². The van der Waals surface area contributed by atoms with Crippen LogP contribution >= 0.6 is 0 Å². The highest BCUT2D eigenvalue weighted by molar-refractivity contribution is 5.34. The van der Waals surface area contributed by atoms with Crippen molar-refractivity contribution in [3.8, 4) is 5.88 Å². The highest BCUT2D eigenvalue weighted by Gasteiger charge is 2.15. The van der Waals surface area contributed by atoms with Gasteiger partial charge in [0.2, 0.25) is 5.88 Å². The van der Waals surface area contributed by atoms with E-state index in [-0.39, 0.29) is 0 Å². The molecule has 2 aromatic heterocycles. The summed E-state index contributed by atoms with van der Waals surface area (Å²) in [5, 5.41) is 18.4. The fraction of sp³-hybridized carbons (Fsp3) is 0.556. The Morgan fingerprint density at radius 2 is 2.50 bits per heavy atom. The highest BCUT2D eigenvalue weighted by Crippen LogP contribution is 2.11. The average molecular weight is 220 g/mol. The predicted octanol–water partition coefficient (Wildman–Crippen LogP) is -0.492. The van der Waals surface area contributed by atoms with Crippen molar-refractivity contribution >= 4 is 5.65 Å². The monoisotopic (exact) mass is 220 g/mol. The minimum atomic E-state index is 0.562. The van der Waals surface area contributed by atoms with Gasteiger partial charge in [0, 0.05) is 18.5 Å². The Morgan fingerprint density at radius 1 is 1.50 bits per heavy atom. The first-order valence-corrected chi connectivity index (χ1v) is 5.31. The first-order chi connectivity index (χ1) is 7.92. The van der Waals surface area contributed by atoms with Crippen molar-refractivity contribution in [3.63, 3.8) is 0 Å². The molecule has 0 radical (unpaired) electrons. The molecule has 0 aromatic carbocycles. The first kappa shape index (κ1) is 9.46. The molecule has 0 bridgehead atoms. The molecule has 0 saturated carbocycles. The SMILES string of the molecule is c1cc2nnnn2nc1OCC1CCNC1. The van der Waals surface area contributed by atoms with E-state index in [1.807, 2.05) is 0 Å². The molecule has 0 amide bonds. The Kier molecular flexibility index (Phi) is 2.37. The van der Waals surface area contributed by atoms with Crippen LogP contribution in [0.15, 0.2) is 12.1 Å². The van der Waals surface area contributed by atoms with Gasteiger partial charge < -0.3 is 10.1 Å². The minimum Gasteiger partial charge on any atom is -0.476 e. The lowest BCUT2D eigenvalue weighted by Gasteiger charge is -2.09. The Hall–Kier alpha value is -1.76. The predicted molar refractivity (Wildman–Crippen MR) is 55.0 cm³/mol. The molecule has 1 atom stereocenters. The van der Waals surface area contributed by atoms with Gasteiger partial charge in [0.1, 0.15) is 0 Å². The zero-order valence-corrected chi connectivity index (χ0v) is 8.70. The van der Waals surface area contributed by atoms with E-state index in [1.165, 1.54) is 4.63 Å². The summed E-state index contributed by atoms with van der Waals surface area (Å²) in [5.41, 5.74) is 0.620. The number of nitrogens with one attached hydrogen (secondary N) is 1. The van der Waals surface area contributed by atoms with Gasteiger partial charge in [-0.2, -0.15) is 0 Å². The van der Waals surface area contributed by atoms with Gasteiger partial charge in [0.15, 0.2) is 5.65 Å². The van der Waals surface area contributed by atoms with E-state index in [1.54, 1.807) is 12.1 Å². The lowest BCUT2D eigenvalue weighted by atomic mass is 10.1. The van der Waals surface area contributed by atoms with Gasteiger partial charge >= 0.3 is 0 Å². The number of fused-ring (bicyclic) bond motifs is 1. The molecule has 2 aromatic rings. The van der Waals surface area contributed by atoms with Crippen LogP contribution in [0.2, 0.25) is 0 Å². The van der Waals surface area contributed by atoms with Gasteiger partial charge in [-0.05, 0) is 29.5 Å². The van der Waals surface area contributed by atoms with E-state index in [0.29, 0.717) is 24.1 Å². The molecule has 84 valence electrons. The molecule has 1 aliphatic heterocycles. The van der Waals surface area contributed by atoms with Crippen LogP contribution in [0.5, 0.6) is 5.88 Å². The van der Waals surface area contributed by atoms with Crippen LogP contribution < -0.4 is 10.1 Å². The first-order valence-electron chi connectivity index (χ1n) is 5.31. The molecule has 1 N–H and O–H groups in total. The van der Waals surface area contributed by atoms with Gasteiger partial charge in [-0.1, -0.05) is 0 Å². The van der Waals surface area contributed by atoms with Crippen molar-refractivity contribution < 1.29 is 4.74 Å². The second-order valence-corrected chi connectivity index (χ2v) is 3.87. The molecule has 3 heterocycles. The number of ether oxygens (including phenoxy) is 1. The van der Waals surface area contributed by atoms with Crippen LogP contribution in [0.3, 0.4) is 0 Å². The number of rotatable bonds is 3. The summed E-state index contributed by atoms with van der Waals surface area (Å²) in [7, 11) is 0. The third-order valence-corrected chi connectivity index (χ3v) is 2.67. The Bertz CT molecular complexity index is 478. The number of aromatic nitrogens is 5. The lowest BCUT2D eigenvalue weighted by Crippen LogP contribution is -2.16. The van der Waals surface area contributed by atoms with E-state index in [2.05, 4.69) is 25.9 Å². The Morgan fingerprint density at radius 3 is 3.38 bits per heavy atom. The van der Waals surface area contributed by atoms with Crippen LogP contribution in [-0.2, 0) is 0 Å². The van der Waals surface area contributed by atoms with E-state index in [9.17, 15) is 0 Å². The van der Waals surface area contributed by atoms with Crippen molar-refractivity contribution in [1.82, 2.24) is 30.6 Å². The number of hydrogen-bond acceptors (Lipinski definition) is 6. The summed E-state index contributed by atoms with van der Waals surface area (Å²) in [5.74, 6) is 1.14. The van der Waals surface area contributed by atoms with Crippen molar-refractivity contribution in [2.45, 2.75) is 6.42 Å². The Labute approximate surface area is 91.8 Å². The molecule has 0 aliphatic carbocycles. The maximum absolute atomic E-state index is 5.60. The summed E-state index contributed by atoms with van der Waals surface area (Å²) in [6.45, 7) is 2.79. The van der Waals surface area contributed by atoms with E-state index < -0.39 is 0 Å². The summed E-state index contributed by atoms with van der Waals surface area (Å²) >= 11 is 0. The van der Waals surface area contributed by atoms with Crippen LogP contribution in [0.1, 0.15) is 6.42 Å². The second-order valence-electron chi connectivity index (χ2n) is 3.87. The molecule has 1 saturated heterocycles. The van der Waals surface area contributed by atoms with Crippen molar-refractivity contribution in [3.05, 3.63) is 12.1 Å². The lowest BCUT2D eigenvalue weighted by molar-refractivity contribution is 0.247. The molecule has 1 aliphatic rings. The fourth-order valence-electron chi connectivity index (χ4n) is 1.77. The standard InChI is InChI=1S/C9H12N6O/c1-2-9(12-15-8(1)11-13-14-15)16-6-7-3-4-10-5-7/h1-2,7,10H,3-6H2. The molecule has 7 heteroatoms. The van der Waals surface area contributed by atoms with Crippen LogP contribution in [0.25, 0.3) is 5.65 Å². The van der Waals surface area contributed by atoms with Gasteiger partial charge in [-0.3, -0.25) is 0 Å². The summed E-state index contributed by atoms with van der Waals surface area (Å²) in [6, 6.07) is 3.57. The van der Waals surface area contributed by atoms with Crippen LogP contribution in [0.4, 0.5) is 0 Å². The van der Waals surface area contributed by atoms with Crippen molar-refractivity contribution in [1.29, 1.82) is 0 Å². The molecular formula is C9H12N6O. The maximum Gasteiger partial charge on any atom is 0.233 e. The summed E-state index contributed by atoms with van der Waals surface area (Å²) in [4.78, 5) is 0. The Balaban J connectivity index is 1.68. The van der Waals surface area contributed by atoms with E-state index in [0.717, 1.165) is 19.5 Å². The highest BCUT2D eigenvalue weighted by atomic mass is 16.5. The molecule has 7 nitrogen and oxygen atoms in total. The van der Waals surface area contributed by atoms with Gasteiger partial charge in [-0.25, -0.2) is 0 Å². The summed E-state index contributed by atoms with van der Waals surface area (Å²) in [6.07, 6.45) is 1.16. The van der Waals surface area contributed by atoms with Crippen molar-refractivity contribution in [2.75, 3.05) is 19.7 Å². The third kappa shape index (κ3) is 1.81. The normalized spacial score (nSPS) is 20.4. The number of hydrogen-bond donors (Lipinski definition) is 1. The van der Waals surface area contributed by atoms with Crippen LogP contribution in [-0.4, -0.2) is 45.0 Å². The molecule has 1 fully saturated rings. The molecule has 0 spiro atoms. The van der Waals surface area contributed by atoms with Crippen LogP contribution in [0, 0.1) is 5.92 Å². The fourth-order valence-corrected chi connectivity index (χ4v) is 1.77. The number of nitrogens with zero attached hydrogens (tertiary/aromatic N) is 5. The zero-order chi connectivity index (χ0) is 10.8. The van der Waals surface area contributed by atoms with Gasteiger partial charge in [0.05, 0.1) is 6.61 Å². The van der Waals surface area contributed by atoms with Gasteiger partial charge in [-0.15, -0.1) is 14.8 Å². The molecule has 1 unspecified atom stereocenters. The smallest absolute Gasteiger partial charge is 0.233 e. The quantitative estimate of drug-likeness (QED) is 0.752. The van der Waals surface area contributed by atoms with Crippen molar-refractivity contribution in [2.24, 2.45) is 5.92 Å². The molecule has 16 heavy (non-hydrogen) atoms. The number of tetrazole rings is 1. The summed E-state index contributed by atoms with van der Waals surface area (Å²) < 4.78 is 6.96. The topological polar surface area (TPSA) is 77.2 Å². The van der Waals surface area contributed by atoms with Gasteiger partial charge in [0.25, 0.3) is 0 Å². The second kappa shape index (κ2) is 4.01. The van der Waals surface area contributed by atoms with E-state index >= 15 is 0 Å². The molecular weight excluding hydrogens is 208 g/mol. The zero-order valence-electron chi connectivity index (χ0n) is 8.70.